The van der Waals surface area contributed by atoms with E-state index in [4.69, 9.17) is 9.47 Å². The van der Waals surface area contributed by atoms with E-state index in [9.17, 15) is 4.79 Å². The standard InChI is InChI=1S/C12H18O3/c13-10-3-4-11-9(8-10)2-1-5-12(11)14-6-7-15-12/h9,11H,1-8H2/t9-,11-/m0/s1. The summed E-state index contributed by atoms with van der Waals surface area (Å²) in [6, 6.07) is 0. The van der Waals surface area contributed by atoms with E-state index in [-0.39, 0.29) is 5.79 Å². The number of ketones is 1. The van der Waals surface area contributed by atoms with Crippen molar-refractivity contribution in [2.24, 2.45) is 11.8 Å². The molecule has 0 amide bonds. The van der Waals surface area contributed by atoms with Gasteiger partial charge in [-0.05, 0) is 25.2 Å². The predicted molar refractivity (Wildman–Crippen MR) is 54.3 cm³/mol. The molecule has 3 nitrogen and oxygen atoms in total. The third-order valence-corrected chi connectivity index (χ3v) is 4.23. The zero-order valence-electron chi connectivity index (χ0n) is 9.04. The molecule has 15 heavy (non-hydrogen) atoms. The molecule has 0 N–H and O–H groups in total. The zero-order valence-corrected chi connectivity index (χ0v) is 9.04. The first-order valence-corrected chi connectivity index (χ1v) is 6.10. The zero-order chi connectivity index (χ0) is 10.3. The molecule has 2 aliphatic carbocycles. The lowest BCUT2D eigenvalue weighted by Crippen LogP contribution is -2.48. The summed E-state index contributed by atoms with van der Waals surface area (Å²) in [4.78, 5) is 11.4. The van der Waals surface area contributed by atoms with Crippen LogP contribution in [-0.4, -0.2) is 24.8 Å². The minimum Gasteiger partial charge on any atom is -0.347 e. The monoisotopic (exact) mass is 210 g/mol. The Labute approximate surface area is 90.1 Å². The second kappa shape index (κ2) is 3.56. The fourth-order valence-corrected chi connectivity index (χ4v) is 3.60. The van der Waals surface area contributed by atoms with Crippen molar-refractivity contribution in [1.82, 2.24) is 0 Å². The fourth-order valence-electron chi connectivity index (χ4n) is 3.60. The van der Waals surface area contributed by atoms with Crippen LogP contribution in [-0.2, 0) is 14.3 Å². The van der Waals surface area contributed by atoms with E-state index in [1.54, 1.807) is 0 Å². The lowest BCUT2D eigenvalue weighted by molar-refractivity contribution is -0.230. The first-order valence-electron chi connectivity index (χ1n) is 6.10. The molecule has 0 bridgehead atoms. The topological polar surface area (TPSA) is 35.5 Å². The molecule has 3 fully saturated rings. The van der Waals surface area contributed by atoms with Crippen molar-refractivity contribution in [3.63, 3.8) is 0 Å². The largest absolute Gasteiger partial charge is 0.347 e. The van der Waals surface area contributed by atoms with Gasteiger partial charge in [0.15, 0.2) is 5.79 Å². The Morgan fingerprint density at radius 1 is 1.20 bits per heavy atom. The molecule has 2 atom stereocenters. The van der Waals surface area contributed by atoms with Crippen molar-refractivity contribution >= 4 is 5.78 Å². The molecular formula is C12H18O3. The Kier molecular flexibility index (Phi) is 2.33. The maximum absolute atomic E-state index is 11.4. The second-order valence-electron chi connectivity index (χ2n) is 5.05. The van der Waals surface area contributed by atoms with Crippen LogP contribution >= 0.6 is 0 Å². The average Bonchev–Trinajstić information content (AvgIpc) is 2.67. The van der Waals surface area contributed by atoms with Crippen LogP contribution in [0.3, 0.4) is 0 Å². The van der Waals surface area contributed by atoms with E-state index in [0.29, 0.717) is 17.6 Å². The van der Waals surface area contributed by atoms with Gasteiger partial charge in [0.05, 0.1) is 13.2 Å². The number of hydrogen-bond donors (Lipinski definition) is 0. The van der Waals surface area contributed by atoms with Crippen molar-refractivity contribution in [3.8, 4) is 0 Å². The van der Waals surface area contributed by atoms with E-state index < -0.39 is 0 Å². The van der Waals surface area contributed by atoms with Gasteiger partial charge in [0.1, 0.15) is 5.78 Å². The van der Waals surface area contributed by atoms with Crippen molar-refractivity contribution < 1.29 is 14.3 Å². The van der Waals surface area contributed by atoms with Crippen LogP contribution in [0.5, 0.6) is 0 Å². The number of Topliss-reactive ketones (excluding diaryl/α,β-unsaturated/α-hetero) is 1. The predicted octanol–water partition coefficient (Wildman–Crippen LogP) is 1.90. The number of rotatable bonds is 0. The van der Waals surface area contributed by atoms with E-state index in [1.807, 2.05) is 0 Å². The molecule has 0 radical (unpaired) electrons. The second-order valence-corrected chi connectivity index (χ2v) is 5.05. The van der Waals surface area contributed by atoms with Crippen LogP contribution in [0.2, 0.25) is 0 Å². The fraction of sp³-hybridized carbons (Fsp3) is 0.917. The van der Waals surface area contributed by atoms with Gasteiger partial charge in [0.25, 0.3) is 0 Å². The summed E-state index contributed by atoms with van der Waals surface area (Å²) in [5.41, 5.74) is 0. The molecular weight excluding hydrogens is 192 g/mol. The van der Waals surface area contributed by atoms with Gasteiger partial charge in [-0.1, -0.05) is 0 Å². The summed E-state index contributed by atoms with van der Waals surface area (Å²) in [6.07, 6.45) is 5.83. The highest BCUT2D eigenvalue weighted by atomic mass is 16.7. The smallest absolute Gasteiger partial charge is 0.171 e. The van der Waals surface area contributed by atoms with Crippen molar-refractivity contribution in [1.29, 1.82) is 0 Å². The summed E-state index contributed by atoms with van der Waals surface area (Å²) in [7, 11) is 0. The van der Waals surface area contributed by atoms with Crippen LogP contribution in [0.15, 0.2) is 0 Å². The summed E-state index contributed by atoms with van der Waals surface area (Å²) in [6.45, 7) is 1.47. The molecule has 1 spiro atoms. The highest BCUT2D eigenvalue weighted by molar-refractivity contribution is 5.79. The minimum atomic E-state index is -0.302. The van der Waals surface area contributed by atoms with E-state index in [2.05, 4.69) is 0 Å². The van der Waals surface area contributed by atoms with Gasteiger partial charge in [-0.25, -0.2) is 0 Å². The van der Waals surface area contributed by atoms with Gasteiger partial charge in [-0.15, -0.1) is 0 Å². The van der Waals surface area contributed by atoms with Crippen LogP contribution in [0, 0.1) is 11.8 Å². The number of carbonyl (C=O) groups excluding carboxylic acids is 1. The molecule has 1 saturated heterocycles. The van der Waals surface area contributed by atoms with Crippen LogP contribution in [0.4, 0.5) is 0 Å². The lowest BCUT2D eigenvalue weighted by atomic mass is 9.67. The first-order chi connectivity index (χ1) is 7.30. The number of carbonyl (C=O) groups is 1. The number of hydrogen-bond acceptors (Lipinski definition) is 3. The van der Waals surface area contributed by atoms with Crippen molar-refractivity contribution in [2.45, 2.75) is 44.3 Å². The van der Waals surface area contributed by atoms with E-state index >= 15 is 0 Å². The van der Waals surface area contributed by atoms with Gasteiger partial charge >= 0.3 is 0 Å². The normalized spacial score (nSPS) is 39.3. The van der Waals surface area contributed by atoms with Crippen molar-refractivity contribution in [2.75, 3.05) is 13.2 Å². The lowest BCUT2D eigenvalue weighted by Gasteiger charge is -2.46. The molecule has 3 aliphatic rings. The van der Waals surface area contributed by atoms with Gasteiger partial charge in [0, 0.05) is 25.2 Å². The third-order valence-electron chi connectivity index (χ3n) is 4.23. The summed E-state index contributed by atoms with van der Waals surface area (Å²) < 4.78 is 11.7. The molecule has 3 heteroatoms. The first kappa shape index (κ1) is 9.79. The number of fused-ring (bicyclic) bond motifs is 2. The molecule has 2 saturated carbocycles. The van der Waals surface area contributed by atoms with E-state index in [0.717, 1.165) is 45.3 Å². The highest BCUT2D eigenvalue weighted by Crippen LogP contribution is 2.48. The maximum Gasteiger partial charge on any atom is 0.171 e. The molecule has 3 rings (SSSR count). The summed E-state index contributed by atoms with van der Waals surface area (Å²) in [5, 5.41) is 0. The summed E-state index contributed by atoms with van der Waals surface area (Å²) >= 11 is 0. The Bertz CT molecular complexity index is 268. The minimum absolute atomic E-state index is 0.302. The molecule has 0 aromatic heterocycles. The van der Waals surface area contributed by atoms with Gasteiger partial charge < -0.3 is 9.47 Å². The molecule has 84 valence electrons. The third kappa shape index (κ3) is 1.53. The van der Waals surface area contributed by atoms with Crippen molar-refractivity contribution in [3.05, 3.63) is 0 Å². The summed E-state index contributed by atoms with van der Waals surface area (Å²) in [5.74, 6) is 1.14. The Balaban J connectivity index is 1.82. The Morgan fingerprint density at radius 2 is 2.00 bits per heavy atom. The van der Waals surface area contributed by atoms with Crippen LogP contribution < -0.4 is 0 Å². The van der Waals surface area contributed by atoms with Gasteiger partial charge in [-0.2, -0.15) is 0 Å². The molecule has 1 aliphatic heterocycles. The maximum atomic E-state index is 11.4. The molecule has 0 aromatic carbocycles. The SMILES string of the molecule is O=C1CC[C@H]2[C@@H](CCCC23OCCO3)C1. The highest BCUT2D eigenvalue weighted by Gasteiger charge is 2.51. The molecule has 0 aromatic rings. The van der Waals surface area contributed by atoms with Crippen LogP contribution in [0.25, 0.3) is 0 Å². The Hall–Kier alpha value is -0.410. The van der Waals surface area contributed by atoms with Crippen LogP contribution in [0.1, 0.15) is 38.5 Å². The quantitative estimate of drug-likeness (QED) is 0.612. The molecule has 1 heterocycles. The van der Waals surface area contributed by atoms with E-state index in [1.165, 1.54) is 6.42 Å². The number of ether oxygens (including phenoxy) is 2. The van der Waals surface area contributed by atoms with Gasteiger partial charge in [-0.3, -0.25) is 4.79 Å². The average molecular weight is 210 g/mol. The molecule has 0 unspecified atom stereocenters. The Morgan fingerprint density at radius 3 is 2.80 bits per heavy atom. The van der Waals surface area contributed by atoms with Gasteiger partial charge in [0.2, 0.25) is 0 Å².